The molecule has 0 radical (unpaired) electrons. The highest BCUT2D eigenvalue weighted by atomic mass is 35.5. The van der Waals surface area contributed by atoms with Gasteiger partial charge in [0.1, 0.15) is 0 Å². The molecule has 0 fully saturated rings. The van der Waals surface area contributed by atoms with E-state index in [4.69, 9.17) is 16.3 Å². The SMILES string of the molecule is CCOC(=O)CCSc1ccccc1-c1ccc2[nH]ccc2c1Cl. The van der Waals surface area contributed by atoms with E-state index in [1.165, 1.54) is 0 Å². The number of thioether (sulfide) groups is 1. The Morgan fingerprint density at radius 1 is 1.17 bits per heavy atom. The van der Waals surface area contributed by atoms with Gasteiger partial charge in [-0.25, -0.2) is 0 Å². The van der Waals surface area contributed by atoms with Crippen LogP contribution >= 0.6 is 23.4 Å². The van der Waals surface area contributed by atoms with Crippen LogP contribution in [0.5, 0.6) is 0 Å². The molecule has 3 aromatic rings. The average molecular weight is 360 g/mol. The van der Waals surface area contributed by atoms with Crippen molar-refractivity contribution in [1.29, 1.82) is 0 Å². The zero-order valence-electron chi connectivity index (χ0n) is 13.3. The number of hydrogen-bond acceptors (Lipinski definition) is 3. The average Bonchev–Trinajstić information content (AvgIpc) is 3.06. The highest BCUT2D eigenvalue weighted by Gasteiger charge is 2.12. The Balaban J connectivity index is 1.85. The zero-order valence-corrected chi connectivity index (χ0v) is 14.9. The zero-order chi connectivity index (χ0) is 16.9. The second kappa shape index (κ2) is 7.77. The first-order valence-electron chi connectivity index (χ1n) is 7.84. The maximum Gasteiger partial charge on any atom is 0.306 e. The molecule has 1 aromatic heterocycles. The number of hydrogen-bond donors (Lipinski definition) is 1. The third kappa shape index (κ3) is 3.60. The first-order valence-corrected chi connectivity index (χ1v) is 9.20. The Bertz CT molecular complexity index is 859. The summed E-state index contributed by atoms with van der Waals surface area (Å²) in [5.41, 5.74) is 3.11. The topological polar surface area (TPSA) is 42.1 Å². The summed E-state index contributed by atoms with van der Waals surface area (Å²) in [7, 11) is 0. The number of fused-ring (bicyclic) bond motifs is 1. The molecule has 0 amide bonds. The molecule has 0 saturated carbocycles. The van der Waals surface area contributed by atoms with E-state index in [-0.39, 0.29) is 5.97 Å². The van der Waals surface area contributed by atoms with E-state index in [2.05, 4.69) is 17.1 Å². The molecule has 0 bridgehead atoms. The first kappa shape index (κ1) is 16.9. The van der Waals surface area contributed by atoms with E-state index in [0.717, 1.165) is 31.9 Å². The van der Waals surface area contributed by atoms with Crippen molar-refractivity contribution in [3.8, 4) is 11.1 Å². The minimum absolute atomic E-state index is 0.158. The lowest BCUT2D eigenvalue weighted by atomic mass is 10.0. The van der Waals surface area contributed by atoms with Crippen LogP contribution in [0.25, 0.3) is 22.0 Å². The summed E-state index contributed by atoms with van der Waals surface area (Å²) in [6, 6.07) is 14.2. The molecule has 1 heterocycles. The van der Waals surface area contributed by atoms with E-state index < -0.39 is 0 Å². The Morgan fingerprint density at radius 2 is 2.00 bits per heavy atom. The van der Waals surface area contributed by atoms with Gasteiger partial charge >= 0.3 is 5.97 Å². The number of rotatable bonds is 6. The Kier molecular flexibility index (Phi) is 5.48. The maximum absolute atomic E-state index is 11.5. The molecule has 24 heavy (non-hydrogen) atoms. The molecule has 0 aliphatic heterocycles. The van der Waals surface area contributed by atoms with Crippen LogP contribution in [0, 0.1) is 0 Å². The van der Waals surface area contributed by atoms with Crippen molar-refractivity contribution in [2.45, 2.75) is 18.2 Å². The molecule has 0 atom stereocenters. The van der Waals surface area contributed by atoms with Gasteiger partial charge in [0, 0.05) is 33.3 Å². The van der Waals surface area contributed by atoms with Crippen LogP contribution in [0.15, 0.2) is 53.6 Å². The Labute approximate surface area is 150 Å². The molecule has 0 saturated heterocycles. The van der Waals surface area contributed by atoms with E-state index in [1.54, 1.807) is 11.8 Å². The molecule has 1 N–H and O–H groups in total. The van der Waals surface area contributed by atoms with Gasteiger partial charge in [0.15, 0.2) is 0 Å². The first-order chi connectivity index (χ1) is 11.7. The molecular formula is C19H18ClNO2S. The van der Waals surface area contributed by atoms with Gasteiger partial charge in [-0.1, -0.05) is 35.9 Å². The lowest BCUT2D eigenvalue weighted by molar-refractivity contribution is -0.142. The van der Waals surface area contributed by atoms with Crippen LogP contribution in [-0.4, -0.2) is 23.3 Å². The lowest BCUT2D eigenvalue weighted by Crippen LogP contribution is -2.04. The van der Waals surface area contributed by atoms with Crippen molar-refractivity contribution in [3.05, 3.63) is 53.7 Å². The highest BCUT2D eigenvalue weighted by Crippen LogP contribution is 2.38. The molecule has 2 aromatic carbocycles. The van der Waals surface area contributed by atoms with Gasteiger partial charge in [0.2, 0.25) is 0 Å². The van der Waals surface area contributed by atoms with Gasteiger partial charge in [0.25, 0.3) is 0 Å². The molecule has 124 valence electrons. The van der Waals surface area contributed by atoms with Crippen molar-refractivity contribution in [3.63, 3.8) is 0 Å². The van der Waals surface area contributed by atoms with Crippen LogP contribution in [0.4, 0.5) is 0 Å². The van der Waals surface area contributed by atoms with Crippen LogP contribution in [-0.2, 0) is 9.53 Å². The van der Waals surface area contributed by atoms with Crippen LogP contribution < -0.4 is 0 Å². The molecule has 0 aliphatic rings. The van der Waals surface area contributed by atoms with Gasteiger partial charge in [-0.3, -0.25) is 4.79 Å². The van der Waals surface area contributed by atoms with Gasteiger partial charge in [-0.2, -0.15) is 0 Å². The predicted molar refractivity (Wildman–Crippen MR) is 101 cm³/mol. The molecule has 3 rings (SSSR count). The second-order valence-corrected chi connectivity index (χ2v) is 6.78. The minimum Gasteiger partial charge on any atom is -0.466 e. The second-order valence-electron chi connectivity index (χ2n) is 5.27. The number of aromatic amines is 1. The van der Waals surface area contributed by atoms with Crippen molar-refractivity contribution in [2.24, 2.45) is 0 Å². The molecule has 3 nitrogen and oxygen atoms in total. The fourth-order valence-electron chi connectivity index (χ4n) is 2.60. The van der Waals surface area contributed by atoms with Crippen molar-refractivity contribution in [1.82, 2.24) is 4.98 Å². The largest absolute Gasteiger partial charge is 0.466 e. The van der Waals surface area contributed by atoms with Gasteiger partial charge in [-0.05, 0) is 30.7 Å². The van der Waals surface area contributed by atoms with Crippen molar-refractivity contribution in [2.75, 3.05) is 12.4 Å². The van der Waals surface area contributed by atoms with E-state index in [1.807, 2.05) is 43.5 Å². The summed E-state index contributed by atoms with van der Waals surface area (Å²) < 4.78 is 4.98. The monoisotopic (exact) mass is 359 g/mol. The number of carbonyl (C=O) groups is 1. The van der Waals surface area contributed by atoms with E-state index in [9.17, 15) is 4.79 Å². The lowest BCUT2D eigenvalue weighted by Gasteiger charge is -2.11. The molecule has 5 heteroatoms. The van der Waals surface area contributed by atoms with Gasteiger partial charge in [0.05, 0.1) is 18.1 Å². The summed E-state index contributed by atoms with van der Waals surface area (Å²) in [6.45, 7) is 2.24. The number of benzene rings is 2. The predicted octanol–water partition coefficient (Wildman–Crippen LogP) is 5.53. The summed E-state index contributed by atoms with van der Waals surface area (Å²) >= 11 is 8.26. The quantitative estimate of drug-likeness (QED) is 0.464. The van der Waals surface area contributed by atoms with Crippen LogP contribution in [0.2, 0.25) is 5.02 Å². The number of halogens is 1. The smallest absolute Gasteiger partial charge is 0.306 e. The van der Waals surface area contributed by atoms with E-state index in [0.29, 0.717) is 18.8 Å². The standard InChI is InChI=1S/C19H18ClNO2S/c1-2-23-18(22)10-12-24-17-6-4-3-5-13(17)14-7-8-16-15(19(14)20)9-11-21-16/h3-9,11,21H,2,10,12H2,1H3. The minimum atomic E-state index is -0.158. The third-order valence-electron chi connectivity index (χ3n) is 3.71. The number of H-pyrrole nitrogens is 1. The Morgan fingerprint density at radius 3 is 2.83 bits per heavy atom. The van der Waals surface area contributed by atoms with Crippen molar-refractivity contribution < 1.29 is 9.53 Å². The van der Waals surface area contributed by atoms with Gasteiger partial charge < -0.3 is 9.72 Å². The summed E-state index contributed by atoms with van der Waals surface area (Å²) in [5.74, 6) is 0.522. The summed E-state index contributed by atoms with van der Waals surface area (Å²) in [4.78, 5) is 15.8. The third-order valence-corrected chi connectivity index (χ3v) is 5.20. The van der Waals surface area contributed by atoms with Gasteiger partial charge in [-0.15, -0.1) is 11.8 Å². The fourth-order valence-corrected chi connectivity index (χ4v) is 3.92. The Hall–Kier alpha value is -1.91. The van der Waals surface area contributed by atoms with Crippen molar-refractivity contribution >= 4 is 40.2 Å². The molecule has 0 unspecified atom stereocenters. The number of nitrogens with one attached hydrogen (secondary N) is 1. The highest BCUT2D eigenvalue weighted by molar-refractivity contribution is 7.99. The van der Waals surface area contributed by atoms with E-state index >= 15 is 0 Å². The molecule has 0 spiro atoms. The summed E-state index contributed by atoms with van der Waals surface area (Å²) in [6.07, 6.45) is 2.29. The maximum atomic E-state index is 11.5. The summed E-state index contributed by atoms with van der Waals surface area (Å²) in [5, 5.41) is 1.76. The fraction of sp³-hybridized carbons (Fsp3) is 0.211. The van der Waals surface area contributed by atoms with Crippen LogP contribution in [0.3, 0.4) is 0 Å². The number of aromatic nitrogens is 1. The number of esters is 1. The molecular weight excluding hydrogens is 342 g/mol. The molecule has 0 aliphatic carbocycles. The van der Waals surface area contributed by atoms with Crippen LogP contribution in [0.1, 0.15) is 13.3 Å². The number of ether oxygens (including phenoxy) is 1. The number of carbonyl (C=O) groups excluding carboxylic acids is 1. The normalized spacial score (nSPS) is 10.9.